The van der Waals surface area contributed by atoms with Crippen LogP contribution in [0.15, 0.2) is 77.7 Å². The Hall–Kier alpha value is -3.26. The number of anilines is 1. The van der Waals surface area contributed by atoms with Crippen molar-refractivity contribution in [3.8, 4) is 0 Å². The molecular weight excluding hydrogens is 383 g/mol. The fourth-order valence-electron chi connectivity index (χ4n) is 2.79. The summed E-state index contributed by atoms with van der Waals surface area (Å²) in [4.78, 5) is 10.1. The quantitative estimate of drug-likeness (QED) is 0.453. The van der Waals surface area contributed by atoms with Gasteiger partial charge in [0, 0.05) is 12.1 Å². The molecule has 0 amide bonds. The van der Waals surface area contributed by atoms with E-state index in [0.717, 1.165) is 33.6 Å². The first-order valence-electron chi connectivity index (χ1n) is 8.36. The van der Waals surface area contributed by atoms with E-state index in [4.69, 9.17) is 0 Å². The maximum Gasteiger partial charge on any atom is 0.269 e. The zero-order chi connectivity index (χ0) is 20.3. The Morgan fingerprint density at radius 1 is 1.00 bits per heavy atom. The maximum absolute atomic E-state index is 13.8. The van der Waals surface area contributed by atoms with Gasteiger partial charge in [0.25, 0.3) is 15.7 Å². The van der Waals surface area contributed by atoms with Crippen LogP contribution < -0.4 is 4.31 Å². The maximum atomic E-state index is 13.8. The molecule has 0 atom stereocenters. The number of halogens is 1. The molecule has 0 bridgehead atoms. The van der Waals surface area contributed by atoms with E-state index in [9.17, 15) is 22.9 Å². The van der Waals surface area contributed by atoms with Gasteiger partial charge in [0.2, 0.25) is 0 Å². The first kappa shape index (κ1) is 19.5. The molecule has 6 nitrogen and oxygen atoms in total. The summed E-state index contributed by atoms with van der Waals surface area (Å²) in [6.07, 6.45) is 0. The fraction of sp³-hybridized carbons (Fsp3) is 0.100. The lowest BCUT2D eigenvalue weighted by Crippen LogP contribution is -2.30. The minimum Gasteiger partial charge on any atom is -0.262 e. The van der Waals surface area contributed by atoms with Crippen molar-refractivity contribution < 1.29 is 17.7 Å². The van der Waals surface area contributed by atoms with Crippen molar-refractivity contribution in [2.24, 2.45) is 0 Å². The third-order valence-electron chi connectivity index (χ3n) is 4.14. The van der Waals surface area contributed by atoms with Crippen LogP contribution in [0.4, 0.5) is 15.8 Å². The summed E-state index contributed by atoms with van der Waals surface area (Å²) in [6, 6.07) is 17.2. The van der Waals surface area contributed by atoms with Gasteiger partial charge in [0.05, 0.1) is 22.1 Å². The molecule has 0 saturated heterocycles. The van der Waals surface area contributed by atoms with Crippen LogP contribution in [0.1, 0.15) is 11.1 Å². The summed E-state index contributed by atoms with van der Waals surface area (Å²) in [5.41, 5.74) is 1.65. The van der Waals surface area contributed by atoms with Crippen molar-refractivity contribution in [3.05, 3.63) is 99.9 Å². The predicted octanol–water partition coefficient (Wildman–Crippen LogP) is 4.44. The molecular formula is C20H17FN2O4S. The van der Waals surface area contributed by atoms with Gasteiger partial charge in [0.15, 0.2) is 0 Å². The van der Waals surface area contributed by atoms with E-state index in [-0.39, 0.29) is 22.8 Å². The summed E-state index contributed by atoms with van der Waals surface area (Å²) in [7, 11) is -4.08. The number of hydrogen-bond donors (Lipinski definition) is 0. The van der Waals surface area contributed by atoms with Gasteiger partial charge in [-0.2, -0.15) is 0 Å². The first-order valence-corrected chi connectivity index (χ1v) is 9.80. The Morgan fingerprint density at radius 3 is 2.29 bits per heavy atom. The molecule has 0 radical (unpaired) electrons. The van der Waals surface area contributed by atoms with Crippen LogP contribution in [-0.2, 0) is 16.6 Å². The van der Waals surface area contributed by atoms with Gasteiger partial charge in [-0.25, -0.2) is 12.8 Å². The molecule has 0 aromatic heterocycles. The van der Waals surface area contributed by atoms with Crippen molar-refractivity contribution in [1.82, 2.24) is 0 Å². The summed E-state index contributed by atoms with van der Waals surface area (Å²) in [5, 5.41) is 10.8. The fourth-order valence-corrected chi connectivity index (χ4v) is 4.23. The molecule has 0 heterocycles. The Bertz CT molecular complexity index is 1120. The van der Waals surface area contributed by atoms with E-state index in [1.807, 2.05) is 25.1 Å². The topological polar surface area (TPSA) is 80.5 Å². The average molecular weight is 400 g/mol. The van der Waals surface area contributed by atoms with E-state index in [1.54, 1.807) is 6.07 Å². The highest BCUT2D eigenvalue weighted by molar-refractivity contribution is 7.92. The molecule has 0 aliphatic heterocycles. The average Bonchev–Trinajstić information content (AvgIpc) is 2.66. The SMILES string of the molecule is Cc1cccc(CN(c2cccc(F)c2)S(=O)(=O)c2ccc([N+](=O)[O-])cc2)c1. The summed E-state index contributed by atoms with van der Waals surface area (Å²) < 4.78 is 41.4. The third-order valence-corrected chi connectivity index (χ3v) is 5.93. The number of sulfonamides is 1. The number of rotatable bonds is 6. The third kappa shape index (κ3) is 4.17. The lowest BCUT2D eigenvalue weighted by atomic mass is 10.1. The van der Waals surface area contributed by atoms with Crippen molar-refractivity contribution in [2.45, 2.75) is 18.4 Å². The second-order valence-electron chi connectivity index (χ2n) is 6.23. The van der Waals surface area contributed by atoms with Crippen LogP contribution in [-0.4, -0.2) is 13.3 Å². The molecule has 0 spiro atoms. The highest BCUT2D eigenvalue weighted by Gasteiger charge is 2.26. The van der Waals surface area contributed by atoms with Crippen LogP contribution in [0.5, 0.6) is 0 Å². The van der Waals surface area contributed by atoms with E-state index >= 15 is 0 Å². The Balaban J connectivity index is 2.07. The van der Waals surface area contributed by atoms with Gasteiger partial charge in [0.1, 0.15) is 5.82 Å². The van der Waals surface area contributed by atoms with Gasteiger partial charge in [-0.1, -0.05) is 35.9 Å². The summed E-state index contributed by atoms with van der Waals surface area (Å²) in [6.45, 7) is 1.88. The number of non-ortho nitro benzene ring substituents is 1. The van der Waals surface area contributed by atoms with Crippen molar-refractivity contribution in [2.75, 3.05) is 4.31 Å². The van der Waals surface area contributed by atoms with E-state index < -0.39 is 20.8 Å². The van der Waals surface area contributed by atoms with Crippen molar-refractivity contribution in [3.63, 3.8) is 0 Å². The number of benzene rings is 3. The van der Waals surface area contributed by atoms with Crippen LogP contribution in [0, 0.1) is 22.9 Å². The molecule has 8 heteroatoms. The summed E-state index contributed by atoms with van der Waals surface area (Å²) >= 11 is 0. The molecule has 0 N–H and O–H groups in total. The number of nitrogens with zero attached hydrogens (tertiary/aromatic N) is 2. The second kappa shape index (κ2) is 7.77. The monoisotopic (exact) mass is 400 g/mol. The Kier molecular flexibility index (Phi) is 5.41. The molecule has 0 aliphatic rings. The van der Waals surface area contributed by atoms with Crippen molar-refractivity contribution >= 4 is 21.4 Å². The van der Waals surface area contributed by atoms with Crippen LogP contribution >= 0.6 is 0 Å². The van der Waals surface area contributed by atoms with E-state index in [0.29, 0.717) is 0 Å². The van der Waals surface area contributed by atoms with Gasteiger partial charge < -0.3 is 0 Å². The minimum atomic E-state index is -4.08. The number of nitro groups is 1. The standard InChI is InChI=1S/C20H17FN2O4S/c1-15-4-2-5-16(12-15)14-22(19-7-3-6-17(21)13-19)28(26,27)20-10-8-18(9-11-20)23(24)25/h2-13H,14H2,1H3. The highest BCUT2D eigenvalue weighted by Crippen LogP contribution is 2.27. The molecule has 144 valence electrons. The highest BCUT2D eigenvalue weighted by atomic mass is 32.2. The Labute approximate surface area is 162 Å². The molecule has 0 saturated carbocycles. The first-order chi connectivity index (χ1) is 13.3. The van der Waals surface area contributed by atoms with Crippen LogP contribution in [0.3, 0.4) is 0 Å². The lowest BCUT2D eigenvalue weighted by Gasteiger charge is -2.25. The minimum absolute atomic E-state index is 0.00947. The zero-order valence-corrected chi connectivity index (χ0v) is 15.8. The number of aryl methyl sites for hydroxylation is 1. The zero-order valence-electron chi connectivity index (χ0n) is 14.9. The molecule has 0 aliphatic carbocycles. The normalized spacial score (nSPS) is 11.2. The molecule has 0 unspecified atom stereocenters. The van der Waals surface area contributed by atoms with Crippen LogP contribution in [0.25, 0.3) is 0 Å². The molecule has 3 aromatic carbocycles. The largest absolute Gasteiger partial charge is 0.269 e. The van der Waals surface area contributed by atoms with Gasteiger partial charge >= 0.3 is 0 Å². The van der Waals surface area contributed by atoms with E-state index in [2.05, 4.69) is 0 Å². The molecule has 3 rings (SSSR count). The van der Waals surface area contributed by atoms with Gasteiger partial charge in [-0.15, -0.1) is 0 Å². The number of nitro benzene ring substituents is 1. The lowest BCUT2D eigenvalue weighted by molar-refractivity contribution is -0.384. The van der Waals surface area contributed by atoms with Crippen LogP contribution in [0.2, 0.25) is 0 Å². The molecule has 0 fully saturated rings. The molecule has 3 aromatic rings. The predicted molar refractivity (Wildman–Crippen MR) is 104 cm³/mol. The smallest absolute Gasteiger partial charge is 0.262 e. The second-order valence-corrected chi connectivity index (χ2v) is 8.09. The number of hydrogen-bond acceptors (Lipinski definition) is 4. The van der Waals surface area contributed by atoms with Gasteiger partial charge in [-0.3, -0.25) is 14.4 Å². The van der Waals surface area contributed by atoms with Crippen molar-refractivity contribution in [1.29, 1.82) is 0 Å². The molecule has 28 heavy (non-hydrogen) atoms. The van der Waals surface area contributed by atoms with Gasteiger partial charge in [-0.05, 0) is 42.8 Å². The summed E-state index contributed by atoms with van der Waals surface area (Å²) in [5.74, 6) is -0.564. The van der Waals surface area contributed by atoms with E-state index in [1.165, 1.54) is 30.3 Å². The Morgan fingerprint density at radius 2 is 1.68 bits per heavy atom.